The molecule has 0 aromatic heterocycles. The summed E-state index contributed by atoms with van der Waals surface area (Å²) in [6.07, 6.45) is 0.332. The molecule has 1 N–H and O–H groups in total. The highest BCUT2D eigenvalue weighted by atomic mass is 35.5. The Morgan fingerprint density at radius 1 is 1.29 bits per heavy atom. The van der Waals surface area contributed by atoms with E-state index >= 15 is 0 Å². The topological polar surface area (TPSA) is 96.0 Å². The number of halogens is 1. The summed E-state index contributed by atoms with van der Waals surface area (Å²) in [7, 11) is 1.93. The second kappa shape index (κ2) is 9.11. The molecule has 1 fully saturated rings. The van der Waals surface area contributed by atoms with Crippen LogP contribution >= 0.6 is 11.6 Å². The summed E-state index contributed by atoms with van der Waals surface area (Å²) in [6, 6.07) is 2.68. The fraction of sp³-hybridized carbons (Fsp3) is 0.556. The van der Waals surface area contributed by atoms with Gasteiger partial charge in [0.25, 0.3) is 0 Å². The molecule has 0 bridgehead atoms. The van der Waals surface area contributed by atoms with Gasteiger partial charge < -0.3 is 19.9 Å². The van der Waals surface area contributed by atoms with Crippen LogP contribution in [0, 0.1) is 6.92 Å². The maximum Gasteiger partial charge on any atom is 0.314 e. The summed E-state index contributed by atoms with van der Waals surface area (Å²) in [6.45, 7) is 2.54. The number of amides is 2. The first-order valence-electron chi connectivity index (χ1n) is 8.85. The Morgan fingerprint density at radius 2 is 1.96 bits per heavy atom. The molecule has 0 radical (unpaired) electrons. The molecule has 2 rings (SSSR count). The number of ether oxygens (including phenoxy) is 1. The Hall–Kier alpha value is -1.84. The Bertz CT molecular complexity index is 857. The molecule has 1 aromatic rings. The largest absolute Gasteiger partial charge is 0.495 e. The number of carbonyl (C=O) groups is 2. The van der Waals surface area contributed by atoms with Gasteiger partial charge in [-0.2, -0.15) is 0 Å². The first-order valence-corrected chi connectivity index (χ1v) is 11.0. The lowest BCUT2D eigenvalue weighted by atomic mass is 10.2. The second-order valence-electron chi connectivity index (χ2n) is 7.11. The first-order chi connectivity index (χ1) is 13.0. The number of methoxy groups -OCH3 is 1. The number of anilines is 1. The van der Waals surface area contributed by atoms with E-state index in [1.165, 1.54) is 12.0 Å². The second-order valence-corrected chi connectivity index (χ2v) is 9.75. The average molecular weight is 432 g/mol. The van der Waals surface area contributed by atoms with Crippen LogP contribution in [0.3, 0.4) is 0 Å². The lowest BCUT2D eigenvalue weighted by Crippen LogP contribution is -2.49. The van der Waals surface area contributed by atoms with Crippen LogP contribution in [0.2, 0.25) is 5.02 Å². The lowest BCUT2D eigenvalue weighted by molar-refractivity contribution is -0.144. The van der Waals surface area contributed by atoms with Crippen LogP contribution in [-0.2, 0) is 19.4 Å². The van der Waals surface area contributed by atoms with Gasteiger partial charge in [-0.15, -0.1) is 0 Å². The zero-order valence-corrected chi connectivity index (χ0v) is 18.1. The summed E-state index contributed by atoms with van der Waals surface area (Å²) in [5, 5.41) is 3.04. The third-order valence-electron chi connectivity index (χ3n) is 4.62. The number of nitrogens with zero attached hydrogens (tertiary/aromatic N) is 2. The molecule has 10 heteroatoms. The minimum Gasteiger partial charge on any atom is -0.495 e. The van der Waals surface area contributed by atoms with Gasteiger partial charge in [0.15, 0.2) is 9.84 Å². The van der Waals surface area contributed by atoms with Crippen molar-refractivity contribution in [1.82, 2.24) is 9.80 Å². The summed E-state index contributed by atoms with van der Waals surface area (Å²) < 4.78 is 28.9. The van der Waals surface area contributed by atoms with Crippen molar-refractivity contribution in [3.8, 4) is 5.75 Å². The van der Waals surface area contributed by atoms with E-state index in [4.69, 9.17) is 16.3 Å². The van der Waals surface area contributed by atoms with Gasteiger partial charge in [0.05, 0.1) is 24.3 Å². The van der Waals surface area contributed by atoms with Crippen LogP contribution in [0.5, 0.6) is 5.75 Å². The van der Waals surface area contributed by atoms with E-state index in [1.54, 1.807) is 19.1 Å². The SMILES string of the molecule is COc1cc(Cl)c(C)cc1NC(=O)C(=O)N(CCN(C)C)C1CCS(=O)(=O)C1. The van der Waals surface area contributed by atoms with Crippen molar-refractivity contribution in [2.45, 2.75) is 19.4 Å². The minimum absolute atomic E-state index is 0.0230. The molecular weight excluding hydrogens is 406 g/mol. The number of aryl methyl sites for hydroxylation is 1. The number of hydrogen-bond donors (Lipinski definition) is 1. The van der Waals surface area contributed by atoms with Gasteiger partial charge in [0, 0.05) is 30.2 Å². The molecular formula is C18H26ClN3O5S. The van der Waals surface area contributed by atoms with Crippen LogP contribution in [0.1, 0.15) is 12.0 Å². The van der Waals surface area contributed by atoms with Crippen LogP contribution in [0.4, 0.5) is 5.69 Å². The molecule has 0 spiro atoms. The highest BCUT2D eigenvalue weighted by Crippen LogP contribution is 2.31. The predicted molar refractivity (Wildman–Crippen MR) is 109 cm³/mol. The smallest absolute Gasteiger partial charge is 0.314 e. The van der Waals surface area contributed by atoms with Crippen molar-refractivity contribution in [2.24, 2.45) is 0 Å². The monoisotopic (exact) mass is 431 g/mol. The number of nitrogens with one attached hydrogen (secondary N) is 1. The van der Waals surface area contributed by atoms with E-state index in [1.807, 2.05) is 19.0 Å². The van der Waals surface area contributed by atoms with Gasteiger partial charge in [-0.05, 0) is 39.1 Å². The zero-order chi connectivity index (χ0) is 21.1. The molecule has 1 aliphatic heterocycles. The average Bonchev–Trinajstić information content (AvgIpc) is 2.97. The third-order valence-corrected chi connectivity index (χ3v) is 6.78. The molecule has 1 saturated heterocycles. The van der Waals surface area contributed by atoms with Crippen molar-refractivity contribution < 1.29 is 22.7 Å². The maximum atomic E-state index is 12.8. The summed E-state index contributed by atoms with van der Waals surface area (Å²) in [5.74, 6) is -1.38. The Balaban J connectivity index is 2.21. The van der Waals surface area contributed by atoms with Crippen LogP contribution in [-0.4, -0.2) is 81.9 Å². The molecule has 0 saturated carbocycles. The number of benzene rings is 1. The van der Waals surface area contributed by atoms with Gasteiger partial charge >= 0.3 is 11.8 Å². The van der Waals surface area contributed by atoms with Crippen LogP contribution in [0.25, 0.3) is 0 Å². The molecule has 1 aliphatic rings. The van der Waals surface area contributed by atoms with Crippen molar-refractivity contribution in [3.63, 3.8) is 0 Å². The number of carbonyl (C=O) groups excluding carboxylic acids is 2. The van der Waals surface area contributed by atoms with Gasteiger partial charge in [-0.25, -0.2) is 8.42 Å². The van der Waals surface area contributed by atoms with Crippen LogP contribution in [0.15, 0.2) is 12.1 Å². The van der Waals surface area contributed by atoms with E-state index < -0.39 is 27.7 Å². The Labute approximate surface area is 170 Å². The normalized spacial score (nSPS) is 18.1. The molecule has 1 atom stereocenters. The van der Waals surface area contributed by atoms with Crippen molar-refractivity contribution in [1.29, 1.82) is 0 Å². The van der Waals surface area contributed by atoms with Gasteiger partial charge in [0.2, 0.25) is 0 Å². The summed E-state index contributed by atoms with van der Waals surface area (Å²) in [5.41, 5.74) is 1.05. The number of hydrogen-bond acceptors (Lipinski definition) is 6. The maximum absolute atomic E-state index is 12.8. The molecule has 2 amide bonds. The molecule has 1 unspecified atom stereocenters. The molecule has 1 aromatic carbocycles. The molecule has 28 heavy (non-hydrogen) atoms. The molecule has 0 aliphatic carbocycles. The highest BCUT2D eigenvalue weighted by molar-refractivity contribution is 7.91. The molecule has 156 valence electrons. The molecule has 1 heterocycles. The van der Waals surface area contributed by atoms with Crippen LogP contribution < -0.4 is 10.1 Å². The van der Waals surface area contributed by atoms with E-state index in [-0.39, 0.29) is 18.1 Å². The summed E-state index contributed by atoms with van der Waals surface area (Å²) in [4.78, 5) is 28.7. The highest BCUT2D eigenvalue weighted by Gasteiger charge is 2.36. The van der Waals surface area contributed by atoms with E-state index in [2.05, 4.69) is 5.32 Å². The standard InChI is InChI=1S/C18H26ClN3O5S/c1-12-9-15(16(27-4)10-14(12)19)20-17(23)18(24)22(7-6-21(2)3)13-5-8-28(25,26)11-13/h9-10,13H,5-8,11H2,1-4H3,(H,20,23). The number of sulfone groups is 1. The Kier molecular flexibility index (Phi) is 7.30. The van der Waals surface area contributed by atoms with E-state index in [0.717, 1.165) is 5.56 Å². The Morgan fingerprint density at radius 3 is 2.50 bits per heavy atom. The predicted octanol–water partition coefficient (Wildman–Crippen LogP) is 1.17. The summed E-state index contributed by atoms with van der Waals surface area (Å²) >= 11 is 6.07. The zero-order valence-electron chi connectivity index (χ0n) is 16.5. The third kappa shape index (κ3) is 5.59. The quantitative estimate of drug-likeness (QED) is 0.679. The van der Waals surface area contributed by atoms with Crippen molar-refractivity contribution in [2.75, 3.05) is 51.1 Å². The minimum atomic E-state index is -3.19. The molecule has 8 nitrogen and oxygen atoms in total. The van der Waals surface area contributed by atoms with Crippen molar-refractivity contribution in [3.05, 3.63) is 22.7 Å². The first kappa shape index (κ1) is 22.4. The van der Waals surface area contributed by atoms with E-state index in [0.29, 0.717) is 29.4 Å². The van der Waals surface area contributed by atoms with Crippen molar-refractivity contribution >= 4 is 38.9 Å². The number of likely N-dealkylation sites (N-methyl/N-ethyl adjacent to an activating group) is 1. The fourth-order valence-corrected chi connectivity index (χ4v) is 4.90. The van der Waals surface area contributed by atoms with E-state index in [9.17, 15) is 18.0 Å². The van der Waals surface area contributed by atoms with Gasteiger partial charge in [-0.1, -0.05) is 11.6 Å². The fourth-order valence-electron chi connectivity index (χ4n) is 3.01. The van der Waals surface area contributed by atoms with Gasteiger partial charge in [-0.3, -0.25) is 9.59 Å². The van der Waals surface area contributed by atoms with Gasteiger partial charge in [0.1, 0.15) is 5.75 Å². The number of rotatable bonds is 6. The lowest BCUT2D eigenvalue weighted by Gasteiger charge is -2.29.